The quantitative estimate of drug-likeness (QED) is 0.0879. The van der Waals surface area contributed by atoms with Crippen LogP contribution >= 0.6 is 0 Å². The lowest BCUT2D eigenvalue weighted by Gasteiger charge is -2.15. The number of hydrogen-bond donors (Lipinski definition) is 0. The summed E-state index contributed by atoms with van der Waals surface area (Å²) in [4.78, 5) is 35.2. The van der Waals surface area contributed by atoms with E-state index in [4.69, 9.17) is 14.2 Å². The van der Waals surface area contributed by atoms with Crippen molar-refractivity contribution in [3.63, 3.8) is 0 Å². The van der Waals surface area contributed by atoms with Crippen molar-refractivity contribution in [3.05, 3.63) is 48.0 Å². The zero-order valence-corrected chi connectivity index (χ0v) is 21.8. The van der Waals surface area contributed by atoms with Crippen molar-refractivity contribution in [3.8, 4) is 0 Å². The lowest BCUT2D eigenvalue weighted by molar-refractivity contribution is -0.165. The van der Waals surface area contributed by atoms with Gasteiger partial charge in [0, 0.05) is 26.7 Å². The van der Waals surface area contributed by atoms with Gasteiger partial charge in [-0.05, 0) is 44.2 Å². The molecule has 6 nitrogen and oxygen atoms in total. The highest BCUT2D eigenvalue weighted by Crippen LogP contribution is 2.14. The highest BCUT2D eigenvalue weighted by atomic mass is 16.7. The SMILES string of the molecule is CCCCCCC(C/C=C\CCCCCCCC(=O)OC(C)OC(=O)c1ccccc1)OC(C)=O. The predicted octanol–water partition coefficient (Wildman–Crippen LogP) is 7.31. The van der Waals surface area contributed by atoms with Crippen LogP contribution in [0.4, 0.5) is 0 Å². The first-order valence-electron chi connectivity index (χ1n) is 13.2. The Balaban J connectivity index is 2.06. The molecule has 0 radical (unpaired) electrons. The third kappa shape index (κ3) is 16.6. The Labute approximate surface area is 211 Å². The normalized spacial score (nSPS) is 12.8. The smallest absolute Gasteiger partial charge is 0.341 e. The van der Waals surface area contributed by atoms with Gasteiger partial charge < -0.3 is 14.2 Å². The Hall–Kier alpha value is -2.63. The fraction of sp³-hybridized carbons (Fsp3) is 0.621. The van der Waals surface area contributed by atoms with E-state index in [0.717, 1.165) is 57.8 Å². The van der Waals surface area contributed by atoms with Crippen molar-refractivity contribution in [1.82, 2.24) is 0 Å². The Morgan fingerprint density at radius 3 is 2.23 bits per heavy atom. The molecule has 0 heterocycles. The van der Waals surface area contributed by atoms with E-state index in [1.165, 1.54) is 26.2 Å². The molecule has 1 rings (SSSR count). The number of unbranched alkanes of at least 4 members (excludes halogenated alkanes) is 8. The zero-order valence-electron chi connectivity index (χ0n) is 21.8. The highest BCUT2D eigenvalue weighted by molar-refractivity contribution is 5.89. The van der Waals surface area contributed by atoms with Gasteiger partial charge in [-0.25, -0.2) is 4.79 Å². The lowest BCUT2D eigenvalue weighted by Crippen LogP contribution is -2.21. The minimum atomic E-state index is -0.904. The third-order valence-corrected chi connectivity index (χ3v) is 5.61. The molecule has 0 spiro atoms. The van der Waals surface area contributed by atoms with E-state index in [-0.39, 0.29) is 18.0 Å². The number of rotatable bonds is 19. The van der Waals surface area contributed by atoms with Gasteiger partial charge in [0.1, 0.15) is 6.10 Å². The van der Waals surface area contributed by atoms with E-state index in [0.29, 0.717) is 12.0 Å². The molecule has 6 heteroatoms. The number of carbonyl (C=O) groups is 3. The molecule has 0 aliphatic rings. The summed E-state index contributed by atoms with van der Waals surface area (Å²) in [6, 6.07) is 8.63. The second kappa shape index (κ2) is 19.7. The van der Waals surface area contributed by atoms with Crippen LogP contribution in [0.25, 0.3) is 0 Å². The predicted molar refractivity (Wildman–Crippen MR) is 138 cm³/mol. The average Bonchev–Trinajstić information content (AvgIpc) is 2.82. The number of benzene rings is 1. The Morgan fingerprint density at radius 1 is 0.829 bits per heavy atom. The molecule has 0 saturated carbocycles. The van der Waals surface area contributed by atoms with Crippen LogP contribution < -0.4 is 0 Å². The molecule has 0 fully saturated rings. The van der Waals surface area contributed by atoms with Crippen LogP contribution in [0.1, 0.15) is 115 Å². The summed E-state index contributed by atoms with van der Waals surface area (Å²) < 4.78 is 15.8. The van der Waals surface area contributed by atoms with Gasteiger partial charge in [0.15, 0.2) is 0 Å². The van der Waals surface area contributed by atoms with Gasteiger partial charge >= 0.3 is 17.9 Å². The van der Waals surface area contributed by atoms with Crippen LogP contribution in [-0.4, -0.2) is 30.3 Å². The number of hydrogen-bond acceptors (Lipinski definition) is 6. The molecule has 0 bridgehead atoms. The maximum absolute atomic E-state index is 12.0. The van der Waals surface area contributed by atoms with Crippen LogP contribution in [0.15, 0.2) is 42.5 Å². The fourth-order valence-electron chi connectivity index (χ4n) is 3.75. The standard InChI is InChI=1S/C29H44O6/c1-4-5-6-16-21-27(33-24(2)30)22-17-11-9-7-8-10-12-18-23-28(31)34-25(3)35-29(32)26-19-14-13-15-20-26/h11,13-15,17,19-20,25,27H,4-10,12,16,18,21-23H2,1-3H3/b17-11-. The minimum absolute atomic E-state index is 0.00932. The molecule has 2 unspecified atom stereocenters. The second-order valence-electron chi connectivity index (χ2n) is 8.92. The van der Waals surface area contributed by atoms with E-state index < -0.39 is 12.3 Å². The average molecular weight is 489 g/mol. The first kappa shape index (κ1) is 30.4. The maximum Gasteiger partial charge on any atom is 0.341 e. The van der Waals surface area contributed by atoms with Crippen molar-refractivity contribution in [2.75, 3.05) is 0 Å². The maximum atomic E-state index is 12.0. The van der Waals surface area contributed by atoms with Crippen molar-refractivity contribution in [1.29, 1.82) is 0 Å². The Morgan fingerprint density at radius 2 is 1.51 bits per heavy atom. The number of allylic oxidation sites excluding steroid dienone is 1. The second-order valence-corrected chi connectivity index (χ2v) is 8.92. The van der Waals surface area contributed by atoms with Gasteiger partial charge in [0.05, 0.1) is 5.56 Å². The molecule has 0 N–H and O–H groups in total. The monoisotopic (exact) mass is 488 g/mol. The van der Waals surface area contributed by atoms with Crippen LogP contribution in [-0.2, 0) is 23.8 Å². The van der Waals surface area contributed by atoms with Crippen molar-refractivity contribution >= 4 is 17.9 Å². The van der Waals surface area contributed by atoms with Crippen molar-refractivity contribution < 1.29 is 28.6 Å². The number of carbonyl (C=O) groups excluding carboxylic acids is 3. The molecule has 35 heavy (non-hydrogen) atoms. The molecule has 0 aliphatic heterocycles. The molecular formula is C29H44O6. The van der Waals surface area contributed by atoms with E-state index in [9.17, 15) is 14.4 Å². The molecule has 1 aromatic carbocycles. The summed E-state index contributed by atoms with van der Waals surface area (Å²) in [5, 5.41) is 0. The van der Waals surface area contributed by atoms with Gasteiger partial charge in [-0.15, -0.1) is 0 Å². The topological polar surface area (TPSA) is 78.9 Å². The number of ether oxygens (including phenoxy) is 3. The third-order valence-electron chi connectivity index (χ3n) is 5.61. The lowest BCUT2D eigenvalue weighted by atomic mass is 10.1. The van der Waals surface area contributed by atoms with Crippen molar-refractivity contribution in [2.45, 2.75) is 117 Å². The van der Waals surface area contributed by atoms with Gasteiger partial charge in [-0.2, -0.15) is 0 Å². The summed E-state index contributed by atoms with van der Waals surface area (Å²) in [6.45, 7) is 5.21. The van der Waals surface area contributed by atoms with Gasteiger partial charge in [0.2, 0.25) is 6.29 Å². The molecule has 1 aromatic rings. The first-order valence-corrected chi connectivity index (χ1v) is 13.2. The van der Waals surface area contributed by atoms with Gasteiger partial charge in [0.25, 0.3) is 0 Å². The molecule has 0 aliphatic carbocycles. The summed E-state index contributed by atoms with van der Waals surface area (Å²) in [6.07, 6.45) is 16.2. The molecule has 0 aromatic heterocycles. The highest BCUT2D eigenvalue weighted by Gasteiger charge is 2.15. The Kier molecular flexibility index (Phi) is 17.1. The molecule has 0 saturated heterocycles. The van der Waals surface area contributed by atoms with Crippen LogP contribution in [0, 0.1) is 0 Å². The molecule has 0 amide bonds. The Bertz CT molecular complexity index is 743. The molecule has 196 valence electrons. The van der Waals surface area contributed by atoms with E-state index in [1.807, 2.05) is 6.07 Å². The van der Waals surface area contributed by atoms with Gasteiger partial charge in [-0.3, -0.25) is 9.59 Å². The van der Waals surface area contributed by atoms with Crippen LogP contribution in [0.3, 0.4) is 0 Å². The summed E-state index contributed by atoms with van der Waals surface area (Å²) >= 11 is 0. The van der Waals surface area contributed by atoms with Crippen LogP contribution in [0.2, 0.25) is 0 Å². The summed E-state index contributed by atoms with van der Waals surface area (Å²) in [7, 11) is 0. The molecular weight excluding hydrogens is 444 g/mol. The molecule has 2 atom stereocenters. The van der Waals surface area contributed by atoms with Crippen LogP contribution in [0.5, 0.6) is 0 Å². The van der Waals surface area contributed by atoms with E-state index >= 15 is 0 Å². The summed E-state index contributed by atoms with van der Waals surface area (Å²) in [5.74, 6) is -1.06. The first-order chi connectivity index (χ1) is 16.9. The summed E-state index contributed by atoms with van der Waals surface area (Å²) in [5.41, 5.74) is 0.428. The fourth-order valence-corrected chi connectivity index (χ4v) is 3.75. The van der Waals surface area contributed by atoms with Crippen molar-refractivity contribution in [2.24, 2.45) is 0 Å². The minimum Gasteiger partial charge on any atom is -0.462 e. The van der Waals surface area contributed by atoms with Gasteiger partial charge in [-0.1, -0.05) is 75.8 Å². The number of esters is 3. The van der Waals surface area contributed by atoms with E-state index in [1.54, 1.807) is 31.2 Å². The zero-order chi connectivity index (χ0) is 25.7. The largest absolute Gasteiger partial charge is 0.462 e. The van der Waals surface area contributed by atoms with E-state index in [2.05, 4.69) is 19.1 Å².